The van der Waals surface area contributed by atoms with Gasteiger partial charge in [0.1, 0.15) is 5.52 Å². The summed E-state index contributed by atoms with van der Waals surface area (Å²) in [4.78, 5) is 16.7. The highest BCUT2D eigenvalue weighted by atomic mass is 16.3. The van der Waals surface area contributed by atoms with Gasteiger partial charge in [-0.3, -0.25) is 4.79 Å². The fourth-order valence-corrected chi connectivity index (χ4v) is 2.57. The van der Waals surface area contributed by atoms with Gasteiger partial charge in [0, 0.05) is 18.0 Å². The zero-order valence-electron chi connectivity index (χ0n) is 14.1. The molecule has 0 radical (unpaired) electrons. The third-order valence-electron chi connectivity index (χ3n) is 3.93. The Hall–Kier alpha value is -2.62. The second-order valence-electron chi connectivity index (χ2n) is 6.23. The number of nitrogens with zero attached hydrogens (tertiary/aromatic N) is 1. The lowest BCUT2D eigenvalue weighted by atomic mass is 10.1. The molecule has 3 aromatic rings. The monoisotopic (exact) mass is 322 g/mol. The summed E-state index contributed by atoms with van der Waals surface area (Å²) in [6.07, 6.45) is 1.87. The minimum atomic E-state index is -0.0764. The maximum absolute atomic E-state index is 12.3. The summed E-state index contributed by atoms with van der Waals surface area (Å²) in [5.74, 6) is 0.852. The first kappa shape index (κ1) is 16.2. The van der Waals surface area contributed by atoms with Crippen LogP contribution in [0.15, 0.2) is 52.9 Å². The van der Waals surface area contributed by atoms with E-state index >= 15 is 0 Å². The number of fused-ring (bicyclic) bond motifs is 1. The molecular formula is C20H22N2O2. The summed E-state index contributed by atoms with van der Waals surface area (Å²) in [5, 5.41) is 2.96. The molecule has 1 amide bonds. The number of amides is 1. The van der Waals surface area contributed by atoms with E-state index in [2.05, 4.69) is 22.4 Å². The number of benzene rings is 2. The second-order valence-corrected chi connectivity index (χ2v) is 6.23. The molecule has 4 nitrogen and oxygen atoms in total. The van der Waals surface area contributed by atoms with E-state index in [0.717, 1.165) is 18.4 Å². The van der Waals surface area contributed by atoms with Gasteiger partial charge in [0.05, 0.1) is 0 Å². The second kappa shape index (κ2) is 7.30. The molecule has 3 rings (SSSR count). The summed E-state index contributed by atoms with van der Waals surface area (Å²) in [6.45, 7) is 4.72. The molecule has 0 fully saturated rings. The summed E-state index contributed by atoms with van der Waals surface area (Å²) in [7, 11) is 0. The van der Waals surface area contributed by atoms with Crippen LogP contribution in [0.1, 0.15) is 48.0 Å². The number of carbonyl (C=O) groups is 1. The number of aryl methyl sites for hydroxylation is 1. The van der Waals surface area contributed by atoms with Gasteiger partial charge in [-0.1, -0.05) is 44.2 Å². The molecule has 0 unspecified atom stereocenters. The topological polar surface area (TPSA) is 55.1 Å². The van der Waals surface area contributed by atoms with Crippen molar-refractivity contribution in [1.29, 1.82) is 0 Å². The van der Waals surface area contributed by atoms with Crippen LogP contribution in [-0.4, -0.2) is 17.4 Å². The summed E-state index contributed by atoms with van der Waals surface area (Å²) in [5.41, 5.74) is 3.35. The van der Waals surface area contributed by atoms with Crippen molar-refractivity contribution in [2.45, 2.75) is 32.6 Å². The van der Waals surface area contributed by atoms with Crippen molar-refractivity contribution in [2.24, 2.45) is 0 Å². The molecule has 0 saturated heterocycles. The lowest BCUT2D eigenvalue weighted by Crippen LogP contribution is -2.24. The number of oxazole rings is 1. The van der Waals surface area contributed by atoms with Gasteiger partial charge in [0.15, 0.2) is 11.5 Å². The molecule has 4 heteroatoms. The van der Waals surface area contributed by atoms with E-state index in [1.54, 1.807) is 12.1 Å². The first-order valence-electron chi connectivity index (χ1n) is 8.36. The van der Waals surface area contributed by atoms with E-state index in [1.165, 1.54) is 5.56 Å². The molecule has 0 saturated carbocycles. The molecular weight excluding hydrogens is 300 g/mol. The van der Waals surface area contributed by atoms with Gasteiger partial charge in [-0.25, -0.2) is 4.98 Å². The average molecular weight is 322 g/mol. The predicted molar refractivity (Wildman–Crippen MR) is 95.2 cm³/mol. The Labute approximate surface area is 141 Å². The van der Waals surface area contributed by atoms with Gasteiger partial charge in [-0.05, 0) is 36.6 Å². The highest BCUT2D eigenvalue weighted by Crippen LogP contribution is 2.22. The third-order valence-corrected chi connectivity index (χ3v) is 3.93. The molecule has 1 heterocycles. The Balaban J connectivity index is 1.57. The fourth-order valence-electron chi connectivity index (χ4n) is 2.57. The smallest absolute Gasteiger partial charge is 0.251 e. The van der Waals surface area contributed by atoms with E-state index in [-0.39, 0.29) is 11.8 Å². The van der Waals surface area contributed by atoms with Crippen molar-refractivity contribution in [3.8, 4) is 0 Å². The quantitative estimate of drug-likeness (QED) is 0.688. The lowest BCUT2D eigenvalue weighted by molar-refractivity contribution is 0.0953. The van der Waals surface area contributed by atoms with Crippen LogP contribution in [0.2, 0.25) is 0 Å². The molecule has 0 aliphatic carbocycles. The van der Waals surface area contributed by atoms with Crippen LogP contribution >= 0.6 is 0 Å². The van der Waals surface area contributed by atoms with E-state index in [9.17, 15) is 4.79 Å². The molecule has 2 aromatic carbocycles. The number of carbonyl (C=O) groups excluding carboxylic acids is 1. The zero-order valence-corrected chi connectivity index (χ0v) is 14.1. The normalized spacial score (nSPS) is 11.1. The van der Waals surface area contributed by atoms with Crippen molar-refractivity contribution in [3.63, 3.8) is 0 Å². The number of hydrogen-bond acceptors (Lipinski definition) is 3. The van der Waals surface area contributed by atoms with Crippen LogP contribution in [0.3, 0.4) is 0 Å². The van der Waals surface area contributed by atoms with E-state index in [0.29, 0.717) is 23.6 Å². The van der Waals surface area contributed by atoms with Crippen LogP contribution in [0.5, 0.6) is 0 Å². The van der Waals surface area contributed by atoms with E-state index in [4.69, 9.17) is 4.42 Å². The number of aromatic nitrogens is 1. The molecule has 24 heavy (non-hydrogen) atoms. The third kappa shape index (κ3) is 3.82. The molecule has 1 N–H and O–H groups in total. The van der Waals surface area contributed by atoms with Gasteiger partial charge < -0.3 is 9.73 Å². The summed E-state index contributed by atoms with van der Waals surface area (Å²) < 4.78 is 5.71. The molecule has 0 aliphatic heterocycles. The number of rotatable bonds is 6. The molecule has 124 valence electrons. The Morgan fingerprint density at radius 3 is 2.71 bits per heavy atom. The Morgan fingerprint density at radius 2 is 1.96 bits per heavy atom. The molecule has 1 aromatic heterocycles. The standard InChI is InChI=1S/C20H22N2O2/c1-14(2)20-22-17-11-10-16(13-18(17)24-20)19(23)21-12-6-9-15-7-4-3-5-8-15/h3-5,7-8,10-11,13-14H,6,9,12H2,1-2H3,(H,21,23). The Bertz CT molecular complexity index is 822. The van der Waals surface area contributed by atoms with Gasteiger partial charge >= 0.3 is 0 Å². The minimum Gasteiger partial charge on any atom is -0.440 e. The van der Waals surface area contributed by atoms with Crippen LogP contribution in [-0.2, 0) is 6.42 Å². The highest BCUT2D eigenvalue weighted by Gasteiger charge is 2.12. The predicted octanol–water partition coefficient (Wildman–Crippen LogP) is 4.31. The van der Waals surface area contributed by atoms with Crippen molar-refractivity contribution in [1.82, 2.24) is 10.3 Å². The first-order valence-corrected chi connectivity index (χ1v) is 8.36. The van der Waals surface area contributed by atoms with Gasteiger partial charge in [0.25, 0.3) is 5.91 Å². The summed E-state index contributed by atoms with van der Waals surface area (Å²) >= 11 is 0. The molecule has 0 spiro atoms. The van der Waals surface area contributed by atoms with Crippen LogP contribution in [0.25, 0.3) is 11.1 Å². The molecule has 0 bridgehead atoms. The summed E-state index contributed by atoms with van der Waals surface area (Å²) in [6, 6.07) is 15.7. The minimum absolute atomic E-state index is 0.0764. The largest absolute Gasteiger partial charge is 0.440 e. The van der Waals surface area contributed by atoms with Crippen molar-refractivity contribution in [2.75, 3.05) is 6.54 Å². The maximum Gasteiger partial charge on any atom is 0.251 e. The van der Waals surface area contributed by atoms with E-state index in [1.807, 2.05) is 38.1 Å². The average Bonchev–Trinajstić information content (AvgIpc) is 3.03. The van der Waals surface area contributed by atoms with Gasteiger partial charge in [-0.15, -0.1) is 0 Å². The van der Waals surface area contributed by atoms with E-state index < -0.39 is 0 Å². The van der Waals surface area contributed by atoms with Crippen molar-refractivity contribution in [3.05, 3.63) is 65.5 Å². The van der Waals surface area contributed by atoms with Crippen molar-refractivity contribution >= 4 is 17.0 Å². The Morgan fingerprint density at radius 1 is 1.17 bits per heavy atom. The van der Waals surface area contributed by atoms with Gasteiger partial charge in [-0.2, -0.15) is 0 Å². The van der Waals surface area contributed by atoms with Crippen LogP contribution < -0.4 is 5.32 Å². The molecule has 0 aliphatic rings. The first-order chi connectivity index (χ1) is 11.6. The maximum atomic E-state index is 12.3. The fraction of sp³-hybridized carbons (Fsp3) is 0.300. The SMILES string of the molecule is CC(C)c1nc2ccc(C(=O)NCCCc3ccccc3)cc2o1. The van der Waals surface area contributed by atoms with Crippen molar-refractivity contribution < 1.29 is 9.21 Å². The molecule has 0 atom stereocenters. The zero-order chi connectivity index (χ0) is 16.9. The highest BCUT2D eigenvalue weighted by molar-refractivity contribution is 5.97. The van der Waals surface area contributed by atoms with Crippen LogP contribution in [0, 0.1) is 0 Å². The van der Waals surface area contributed by atoms with Gasteiger partial charge in [0.2, 0.25) is 0 Å². The number of nitrogens with one attached hydrogen (secondary N) is 1. The lowest BCUT2D eigenvalue weighted by Gasteiger charge is -2.05. The Kier molecular flexibility index (Phi) is 4.94. The number of hydrogen-bond donors (Lipinski definition) is 1. The van der Waals surface area contributed by atoms with Crippen LogP contribution in [0.4, 0.5) is 0 Å².